The molecule has 2 heterocycles. The molecule has 0 radical (unpaired) electrons. The van der Waals surface area contributed by atoms with Gasteiger partial charge in [0.1, 0.15) is 4.32 Å². The summed E-state index contributed by atoms with van der Waals surface area (Å²) in [6.07, 6.45) is 5.41. The first-order valence-electron chi connectivity index (χ1n) is 8.09. The lowest BCUT2D eigenvalue weighted by Crippen LogP contribution is -2.33. The predicted octanol–water partition coefficient (Wildman–Crippen LogP) is 2.99. The zero-order chi connectivity index (χ0) is 18.4. The smallest absolute Gasteiger partial charge is 0.266 e. The lowest BCUT2D eigenvalue weighted by Gasteiger charge is -2.14. The van der Waals surface area contributed by atoms with Crippen molar-refractivity contribution in [1.82, 2.24) is 15.2 Å². The lowest BCUT2D eigenvalue weighted by atomic mass is 10.2. The van der Waals surface area contributed by atoms with Crippen LogP contribution in [0.25, 0.3) is 6.08 Å². The molecule has 1 aliphatic rings. The van der Waals surface area contributed by atoms with Crippen molar-refractivity contribution in [2.75, 3.05) is 6.54 Å². The largest absolute Gasteiger partial charge is 0.352 e. The second-order valence-electron chi connectivity index (χ2n) is 5.63. The molecule has 3 rings (SSSR count). The fourth-order valence-electron chi connectivity index (χ4n) is 2.40. The van der Waals surface area contributed by atoms with Gasteiger partial charge in [-0.3, -0.25) is 19.5 Å². The van der Waals surface area contributed by atoms with E-state index in [1.807, 2.05) is 48.5 Å². The van der Waals surface area contributed by atoms with Crippen LogP contribution in [-0.4, -0.2) is 32.6 Å². The summed E-state index contributed by atoms with van der Waals surface area (Å²) < 4.78 is 0.484. The number of thioether (sulfide) groups is 1. The Morgan fingerprint density at radius 2 is 2.04 bits per heavy atom. The molecule has 0 bridgehead atoms. The topological polar surface area (TPSA) is 62.3 Å². The summed E-state index contributed by atoms with van der Waals surface area (Å²) in [5, 5.41) is 2.82. The molecule has 0 aliphatic carbocycles. The van der Waals surface area contributed by atoms with Gasteiger partial charge in [-0.25, -0.2) is 0 Å². The average Bonchev–Trinajstić information content (AvgIpc) is 2.93. The molecule has 1 saturated heterocycles. The molecule has 0 atom stereocenters. The summed E-state index contributed by atoms with van der Waals surface area (Å²) in [6, 6.07) is 13.3. The van der Waals surface area contributed by atoms with Crippen LogP contribution in [0.15, 0.2) is 59.8 Å². The van der Waals surface area contributed by atoms with Crippen LogP contribution in [0.1, 0.15) is 17.5 Å². The number of pyridine rings is 1. The van der Waals surface area contributed by atoms with Gasteiger partial charge in [0.25, 0.3) is 5.91 Å². The van der Waals surface area contributed by atoms with Crippen LogP contribution in [0.4, 0.5) is 0 Å². The van der Waals surface area contributed by atoms with Crippen LogP contribution in [0.2, 0.25) is 0 Å². The molecular formula is C19H17N3O2S2. The standard InChI is InChI=1S/C19H17N3O2S2/c23-17(21-13-15-7-4-9-20-12-15)8-10-22-18(24)16(26-19(22)25)11-14-5-2-1-3-6-14/h1-7,9,11-12H,8,10,13H2,(H,21,23). The van der Waals surface area contributed by atoms with E-state index in [9.17, 15) is 9.59 Å². The van der Waals surface area contributed by atoms with Crippen molar-refractivity contribution in [3.8, 4) is 0 Å². The zero-order valence-corrected chi connectivity index (χ0v) is 15.6. The van der Waals surface area contributed by atoms with Crippen LogP contribution in [0.3, 0.4) is 0 Å². The Balaban J connectivity index is 1.53. The van der Waals surface area contributed by atoms with E-state index >= 15 is 0 Å². The maximum Gasteiger partial charge on any atom is 0.266 e. The minimum atomic E-state index is -0.149. The van der Waals surface area contributed by atoms with E-state index in [0.717, 1.165) is 11.1 Å². The minimum Gasteiger partial charge on any atom is -0.352 e. The van der Waals surface area contributed by atoms with Gasteiger partial charge in [0.05, 0.1) is 4.91 Å². The van der Waals surface area contributed by atoms with Gasteiger partial charge in [-0.1, -0.05) is 60.4 Å². The van der Waals surface area contributed by atoms with E-state index in [-0.39, 0.29) is 24.8 Å². The molecule has 0 unspecified atom stereocenters. The van der Waals surface area contributed by atoms with Crippen LogP contribution in [0, 0.1) is 0 Å². The molecule has 5 nitrogen and oxygen atoms in total. The Kier molecular flexibility index (Phi) is 6.14. The Morgan fingerprint density at radius 3 is 2.77 bits per heavy atom. The van der Waals surface area contributed by atoms with Crippen molar-refractivity contribution in [2.24, 2.45) is 0 Å². The maximum absolute atomic E-state index is 12.5. The molecule has 2 amide bonds. The molecule has 1 aromatic heterocycles. The van der Waals surface area contributed by atoms with E-state index in [2.05, 4.69) is 10.3 Å². The number of thiocarbonyl (C=S) groups is 1. The third kappa shape index (κ3) is 4.77. The van der Waals surface area contributed by atoms with Gasteiger partial charge in [0.2, 0.25) is 5.91 Å². The second-order valence-corrected chi connectivity index (χ2v) is 7.31. The molecule has 0 spiro atoms. The quantitative estimate of drug-likeness (QED) is 0.614. The summed E-state index contributed by atoms with van der Waals surface area (Å²) in [5.41, 5.74) is 1.87. The highest BCUT2D eigenvalue weighted by Crippen LogP contribution is 2.32. The van der Waals surface area contributed by atoms with Crippen LogP contribution >= 0.6 is 24.0 Å². The first-order chi connectivity index (χ1) is 12.6. The normalized spacial score (nSPS) is 15.5. The number of benzene rings is 1. The minimum absolute atomic E-state index is 0.130. The summed E-state index contributed by atoms with van der Waals surface area (Å²) in [6.45, 7) is 0.689. The Morgan fingerprint density at radius 1 is 1.23 bits per heavy atom. The number of aromatic nitrogens is 1. The fourth-order valence-corrected chi connectivity index (χ4v) is 3.71. The van der Waals surface area contributed by atoms with Crippen LogP contribution in [0.5, 0.6) is 0 Å². The number of amides is 2. The Labute approximate surface area is 161 Å². The summed E-state index contributed by atoms with van der Waals surface area (Å²) in [7, 11) is 0. The maximum atomic E-state index is 12.5. The monoisotopic (exact) mass is 383 g/mol. The Hall–Kier alpha value is -2.51. The third-order valence-electron chi connectivity index (χ3n) is 3.75. The highest BCUT2D eigenvalue weighted by atomic mass is 32.2. The molecule has 1 aliphatic heterocycles. The van der Waals surface area contributed by atoms with Gasteiger partial charge in [-0.15, -0.1) is 0 Å². The molecule has 132 valence electrons. The molecule has 26 heavy (non-hydrogen) atoms. The van der Waals surface area contributed by atoms with Crippen molar-refractivity contribution in [1.29, 1.82) is 0 Å². The molecule has 1 fully saturated rings. The first kappa shape index (κ1) is 18.3. The number of carbonyl (C=O) groups excluding carboxylic acids is 2. The van der Waals surface area contributed by atoms with Gasteiger partial charge >= 0.3 is 0 Å². The second kappa shape index (κ2) is 8.73. The molecule has 2 aromatic rings. The average molecular weight is 383 g/mol. The van der Waals surface area contributed by atoms with E-state index in [0.29, 0.717) is 15.8 Å². The van der Waals surface area contributed by atoms with Crippen molar-refractivity contribution < 1.29 is 9.59 Å². The molecule has 1 N–H and O–H groups in total. The van der Waals surface area contributed by atoms with Crippen molar-refractivity contribution in [2.45, 2.75) is 13.0 Å². The summed E-state index contributed by atoms with van der Waals surface area (Å²) in [4.78, 5) is 30.6. The zero-order valence-electron chi connectivity index (χ0n) is 13.9. The van der Waals surface area contributed by atoms with E-state index in [1.54, 1.807) is 12.4 Å². The SMILES string of the molecule is O=C(CCN1C(=O)C(=Cc2ccccc2)SC1=S)NCc1cccnc1. The van der Waals surface area contributed by atoms with E-state index < -0.39 is 0 Å². The third-order valence-corrected chi connectivity index (χ3v) is 5.12. The highest BCUT2D eigenvalue weighted by molar-refractivity contribution is 8.26. The van der Waals surface area contributed by atoms with E-state index in [1.165, 1.54) is 16.7 Å². The number of hydrogen-bond acceptors (Lipinski definition) is 5. The van der Waals surface area contributed by atoms with Crippen molar-refractivity contribution >= 4 is 46.2 Å². The highest BCUT2D eigenvalue weighted by Gasteiger charge is 2.31. The van der Waals surface area contributed by atoms with Crippen LogP contribution < -0.4 is 5.32 Å². The van der Waals surface area contributed by atoms with Crippen molar-refractivity contribution in [3.05, 3.63) is 70.9 Å². The van der Waals surface area contributed by atoms with Crippen LogP contribution in [-0.2, 0) is 16.1 Å². The van der Waals surface area contributed by atoms with Gasteiger partial charge in [0, 0.05) is 31.9 Å². The molecular weight excluding hydrogens is 366 g/mol. The molecule has 7 heteroatoms. The number of hydrogen-bond donors (Lipinski definition) is 1. The number of rotatable bonds is 6. The van der Waals surface area contributed by atoms with E-state index in [4.69, 9.17) is 12.2 Å². The summed E-state index contributed by atoms with van der Waals surface area (Å²) in [5.74, 6) is -0.279. The first-order valence-corrected chi connectivity index (χ1v) is 9.32. The molecule has 0 saturated carbocycles. The summed E-state index contributed by atoms with van der Waals surface area (Å²) >= 11 is 6.56. The lowest BCUT2D eigenvalue weighted by molar-refractivity contribution is -0.123. The number of nitrogens with one attached hydrogen (secondary N) is 1. The number of nitrogens with zero attached hydrogens (tertiary/aromatic N) is 2. The fraction of sp³-hybridized carbons (Fsp3) is 0.158. The van der Waals surface area contributed by atoms with Gasteiger partial charge < -0.3 is 5.32 Å². The predicted molar refractivity (Wildman–Crippen MR) is 107 cm³/mol. The number of carbonyl (C=O) groups is 2. The Bertz CT molecular complexity index is 838. The van der Waals surface area contributed by atoms with Crippen molar-refractivity contribution in [3.63, 3.8) is 0 Å². The van der Waals surface area contributed by atoms with Gasteiger partial charge in [0.15, 0.2) is 0 Å². The van der Waals surface area contributed by atoms with Gasteiger partial charge in [-0.2, -0.15) is 0 Å². The molecule has 1 aromatic carbocycles. The van der Waals surface area contributed by atoms with Gasteiger partial charge in [-0.05, 0) is 23.3 Å².